The van der Waals surface area contributed by atoms with E-state index < -0.39 is 0 Å². The molecular formula is C13H22N4OS. The van der Waals surface area contributed by atoms with Crippen LogP contribution in [0.5, 0.6) is 0 Å². The Hall–Kier alpha value is -1.01. The second-order valence-corrected chi connectivity index (χ2v) is 5.53. The summed E-state index contributed by atoms with van der Waals surface area (Å²) in [5.41, 5.74) is 0. The molecule has 0 radical (unpaired) electrons. The van der Waals surface area contributed by atoms with Gasteiger partial charge in [-0.3, -0.25) is 0 Å². The van der Waals surface area contributed by atoms with Gasteiger partial charge in [-0.25, -0.2) is 9.97 Å². The zero-order chi connectivity index (χ0) is 13.7. The molecule has 0 aliphatic heterocycles. The van der Waals surface area contributed by atoms with Crippen LogP contribution in [0.2, 0.25) is 0 Å². The van der Waals surface area contributed by atoms with Crippen molar-refractivity contribution >= 4 is 23.4 Å². The van der Waals surface area contributed by atoms with E-state index in [1.54, 1.807) is 0 Å². The molecule has 1 aliphatic carbocycles. The number of hydrogen-bond acceptors (Lipinski definition) is 6. The minimum atomic E-state index is -0.274. The summed E-state index contributed by atoms with van der Waals surface area (Å²) in [6, 6.07) is 2.01. The summed E-state index contributed by atoms with van der Waals surface area (Å²) in [5, 5.41) is 17.3. The lowest BCUT2D eigenvalue weighted by molar-refractivity contribution is 0.116. The number of nitrogens with one attached hydrogen (secondary N) is 2. The van der Waals surface area contributed by atoms with Crippen LogP contribution >= 0.6 is 11.8 Å². The van der Waals surface area contributed by atoms with Crippen LogP contribution in [0.3, 0.4) is 0 Å². The molecule has 1 aromatic rings. The number of thioether (sulfide) groups is 1. The Morgan fingerprint density at radius 1 is 1.32 bits per heavy atom. The Balaban J connectivity index is 2.11. The molecule has 2 rings (SSSR count). The Bertz CT molecular complexity index is 416. The number of hydrogen-bond donors (Lipinski definition) is 3. The van der Waals surface area contributed by atoms with E-state index in [4.69, 9.17) is 0 Å². The molecule has 0 spiro atoms. The van der Waals surface area contributed by atoms with Gasteiger partial charge in [0.1, 0.15) is 11.6 Å². The third-order valence-electron chi connectivity index (χ3n) is 3.31. The van der Waals surface area contributed by atoms with Gasteiger partial charge in [-0.05, 0) is 26.0 Å². The summed E-state index contributed by atoms with van der Waals surface area (Å²) in [4.78, 5) is 8.84. The molecule has 19 heavy (non-hydrogen) atoms. The van der Waals surface area contributed by atoms with Gasteiger partial charge in [0.2, 0.25) is 0 Å². The number of anilines is 2. The molecule has 1 heterocycles. The van der Waals surface area contributed by atoms with E-state index in [0.717, 1.165) is 49.0 Å². The summed E-state index contributed by atoms with van der Waals surface area (Å²) in [5.74, 6) is 1.62. The van der Waals surface area contributed by atoms with E-state index in [9.17, 15) is 5.11 Å². The summed E-state index contributed by atoms with van der Waals surface area (Å²) in [7, 11) is 0. The maximum atomic E-state index is 10.0. The molecule has 1 fully saturated rings. The first-order chi connectivity index (χ1) is 9.22. The van der Waals surface area contributed by atoms with Gasteiger partial charge in [0.25, 0.3) is 0 Å². The Morgan fingerprint density at radius 3 is 2.74 bits per heavy atom. The monoisotopic (exact) mass is 282 g/mol. The normalized spacial score (nSPS) is 23.1. The Kier molecular flexibility index (Phi) is 5.27. The average Bonchev–Trinajstić information content (AvgIpc) is 2.41. The van der Waals surface area contributed by atoms with Crippen molar-refractivity contribution in [1.29, 1.82) is 0 Å². The second kappa shape index (κ2) is 6.96. The molecular weight excluding hydrogens is 260 g/mol. The zero-order valence-corrected chi connectivity index (χ0v) is 12.3. The van der Waals surface area contributed by atoms with E-state index in [0.29, 0.717) is 0 Å². The minimum absolute atomic E-state index is 0.104. The van der Waals surface area contributed by atoms with Crippen molar-refractivity contribution in [3.8, 4) is 0 Å². The number of rotatable bonds is 5. The lowest BCUT2D eigenvalue weighted by Crippen LogP contribution is -2.36. The highest BCUT2D eigenvalue weighted by molar-refractivity contribution is 7.98. The number of aliphatic hydroxyl groups excluding tert-OH is 1. The van der Waals surface area contributed by atoms with Crippen LogP contribution in [-0.4, -0.2) is 40.0 Å². The standard InChI is InChI=1S/C13H22N4OS/c1-3-14-11-8-12(17-13(16-11)19-2)15-9-6-4-5-7-10(9)18/h8-10,18H,3-7H2,1-2H3,(H2,14,15,16,17). The molecule has 1 aromatic heterocycles. The first-order valence-corrected chi connectivity index (χ1v) is 8.07. The fraction of sp³-hybridized carbons (Fsp3) is 0.692. The van der Waals surface area contributed by atoms with Crippen LogP contribution < -0.4 is 10.6 Å². The Labute approximate surface area is 118 Å². The van der Waals surface area contributed by atoms with Crippen LogP contribution in [0.15, 0.2) is 11.2 Å². The summed E-state index contributed by atoms with van der Waals surface area (Å²) in [6.45, 7) is 2.87. The van der Waals surface area contributed by atoms with Gasteiger partial charge < -0.3 is 15.7 Å². The van der Waals surface area contributed by atoms with Crippen LogP contribution in [0, 0.1) is 0 Å². The quantitative estimate of drug-likeness (QED) is 0.569. The topological polar surface area (TPSA) is 70.1 Å². The van der Waals surface area contributed by atoms with E-state index in [1.165, 1.54) is 11.8 Å². The van der Waals surface area contributed by atoms with Crippen molar-refractivity contribution < 1.29 is 5.11 Å². The van der Waals surface area contributed by atoms with E-state index in [-0.39, 0.29) is 12.1 Å². The number of aromatic nitrogens is 2. The maximum Gasteiger partial charge on any atom is 0.191 e. The van der Waals surface area contributed by atoms with Crippen molar-refractivity contribution in [1.82, 2.24) is 9.97 Å². The minimum Gasteiger partial charge on any atom is -0.391 e. The summed E-state index contributed by atoms with van der Waals surface area (Å²) >= 11 is 1.52. The van der Waals surface area contributed by atoms with Crippen molar-refractivity contribution in [3.63, 3.8) is 0 Å². The third kappa shape index (κ3) is 3.98. The predicted octanol–water partition coefficient (Wildman–Crippen LogP) is 2.35. The first kappa shape index (κ1) is 14.4. The zero-order valence-electron chi connectivity index (χ0n) is 11.5. The van der Waals surface area contributed by atoms with E-state index in [2.05, 4.69) is 20.6 Å². The van der Waals surface area contributed by atoms with E-state index in [1.807, 2.05) is 19.2 Å². The molecule has 6 heteroatoms. The van der Waals surface area contributed by atoms with Gasteiger partial charge in [-0.1, -0.05) is 24.6 Å². The highest BCUT2D eigenvalue weighted by atomic mass is 32.2. The van der Waals surface area contributed by atoms with Crippen LogP contribution in [-0.2, 0) is 0 Å². The SMILES string of the molecule is CCNc1cc(NC2CCCCC2O)nc(SC)n1. The summed E-state index contributed by atoms with van der Waals surface area (Å²) < 4.78 is 0. The second-order valence-electron chi connectivity index (χ2n) is 4.76. The van der Waals surface area contributed by atoms with E-state index >= 15 is 0 Å². The smallest absolute Gasteiger partial charge is 0.191 e. The molecule has 2 atom stereocenters. The van der Waals surface area contributed by atoms with Crippen LogP contribution in [0.1, 0.15) is 32.6 Å². The van der Waals surface area contributed by atoms with Gasteiger partial charge >= 0.3 is 0 Å². The fourth-order valence-corrected chi connectivity index (χ4v) is 2.71. The van der Waals surface area contributed by atoms with Gasteiger partial charge in [0.05, 0.1) is 12.1 Å². The van der Waals surface area contributed by atoms with Gasteiger partial charge in [0.15, 0.2) is 5.16 Å². The fourth-order valence-electron chi connectivity index (χ4n) is 2.33. The van der Waals surface area contributed by atoms with Crippen LogP contribution in [0.4, 0.5) is 11.6 Å². The highest BCUT2D eigenvalue weighted by Crippen LogP contribution is 2.23. The van der Waals surface area contributed by atoms with Crippen molar-refractivity contribution in [2.75, 3.05) is 23.4 Å². The lowest BCUT2D eigenvalue weighted by Gasteiger charge is -2.28. The molecule has 1 aliphatic rings. The molecule has 1 saturated carbocycles. The van der Waals surface area contributed by atoms with Gasteiger partial charge in [-0.15, -0.1) is 0 Å². The molecule has 5 nitrogen and oxygen atoms in total. The molecule has 2 unspecified atom stereocenters. The third-order valence-corrected chi connectivity index (χ3v) is 3.86. The molecule has 3 N–H and O–H groups in total. The molecule has 106 valence electrons. The largest absolute Gasteiger partial charge is 0.391 e. The van der Waals surface area contributed by atoms with Gasteiger partial charge in [-0.2, -0.15) is 0 Å². The molecule has 0 bridgehead atoms. The van der Waals surface area contributed by atoms with Crippen molar-refractivity contribution in [2.45, 2.75) is 49.9 Å². The van der Waals surface area contributed by atoms with Crippen molar-refractivity contribution in [3.05, 3.63) is 6.07 Å². The summed E-state index contributed by atoms with van der Waals surface area (Å²) in [6.07, 6.45) is 5.83. The van der Waals surface area contributed by atoms with Crippen molar-refractivity contribution in [2.24, 2.45) is 0 Å². The molecule has 0 amide bonds. The Morgan fingerprint density at radius 2 is 2.05 bits per heavy atom. The highest BCUT2D eigenvalue weighted by Gasteiger charge is 2.23. The predicted molar refractivity (Wildman–Crippen MR) is 79.9 cm³/mol. The lowest BCUT2D eigenvalue weighted by atomic mass is 9.93. The maximum absolute atomic E-state index is 10.0. The first-order valence-electron chi connectivity index (χ1n) is 6.84. The number of nitrogens with zero attached hydrogens (tertiary/aromatic N) is 2. The molecule has 0 aromatic carbocycles. The van der Waals surface area contributed by atoms with Gasteiger partial charge in [0, 0.05) is 12.6 Å². The molecule has 0 saturated heterocycles. The number of aliphatic hydroxyl groups is 1. The average molecular weight is 282 g/mol. The van der Waals surface area contributed by atoms with Crippen LogP contribution in [0.25, 0.3) is 0 Å².